The Morgan fingerprint density at radius 1 is 1.12 bits per heavy atom. The van der Waals surface area contributed by atoms with Crippen LogP contribution in [0.1, 0.15) is 6.92 Å². The minimum atomic E-state index is -0.124. The molecule has 0 bridgehead atoms. The van der Waals surface area contributed by atoms with E-state index in [4.69, 9.17) is 9.47 Å². The molecule has 0 N–H and O–H groups in total. The minimum absolute atomic E-state index is 0.0137. The molecule has 0 spiro atoms. The monoisotopic (exact) mass is 333 g/mol. The Hall–Kier alpha value is -2.28. The number of hydrogen-bond acceptors (Lipinski definition) is 4. The number of amides is 3. The van der Waals surface area contributed by atoms with Crippen molar-refractivity contribution in [1.29, 1.82) is 0 Å². The molecule has 0 saturated carbocycles. The second kappa shape index (κ2) is 7.53. The Balaban J connectivity index is 1.59. The highest BCUT2D eigenvalue weighted by Gasteiger charge is 2.32. The molecule has 3 amide bonds. The summed E-state index contributed by atoms with van der Waals surface area (Å²) in [5, 5.41) is 0. The third-order valence-electron chi connectivity index (χ3n) is 4.24. The second-order valence-electron chi connectivity index (χ2n) is 5.78. The third-order valence-corrected chi connectivity index (χ3v) is 4.24. The van der Waals surface area contributed by atoms with Crippen molar-refractivity contribution >= 4 is 17.6 Å². The molecule has 24 heavy (non-hydrogen) atoms. The van der Waals surface area contributed by atoms with Gasteiger partial charge in [0.25, 0.3) is 0 Å². The Morgan fingerprint density at radius 2 is 1.83 bits per heavy atom. The number of benzene rings is 1. The first kappa shape index (κ1) is 16.6. The number of hydrogen-bond donors (Lipinski definition) is 0. The molecule has 0 aliphatic carbocycles. The van der Waals surface area contributed by atoms with Crippen LogP contribution in [0.3, 0.4) is 0 Å². The third kappa shape index (κ3) is 3.62. The van der Waals surface area contributed by atoms with E-state index in [-0.39, 0.29) is 18.5 Å². The summed E-state index contributed by atoms with van der Waals surface area (Å²) in [7, 11) is 0. The predicted molar refractivity (Wildman–Crippen MR) is 89.3 cm³/mol. The van der Waals surface area contributed by atoms with Crippen molar-refractivity contribution in [2.24, 2.45) is 0 Å². The summed E-state index contributed by atoms with van der Waals surface area (Å²) < 4.78 is 10.7. The van der Waals surface area contributed by atoms with Crippen molar-refractivity contribution in [1.82, 2.24) is 9.80 Å². The van der Waals surface area contributed by atoms with Crippen LogP contribution >= 0.6 is 0 Å². The van der Waals surface area contributed by atoms with E-state index in [1.54, 1.807) is 14.7 Å². The topological polar surface area (TPSA) is 62.3 Å². The van der Waals surface area contributed by atoms with Crippen LogP contribution in [0.25, 0.3) is 0 Å². The summed E-state index contributed by atoms with van der Waals surface area (Å²) in [6.07, 6.45) is 0. The number of carbonyl (C=O) groups is 2. The summed E-state index contributed by atoms with van der Waals surface area (Å²) in [6.45, 7) is 6.15. The molecule has 2 aliphatic rings. The van der Waals surface area contributed by atoms with Gasteiger partial charge in [0.15, 0.2) is 0 Å². The Labute approximate surface area is 141 Å². The molecule has 0 aromatic heterocycles. The maximum atomic E-state index is 12.6. The van der Waals surface area contributed by atoms with Crippen LogP contribution < -0.4 is 9.64 Å². The van der Waals surface area contributed by atoms with Gasteiger partial charge in [0, 0.05) is 31.9 Å². The first-order valence-electron chi connectivity index (χ1n) is 8.34. The summed E-state index contributed by atoms with van der Waals surface area (Å²) >= 11 is 0. The molecular formula is C17H23N3O4. The molecule has 0 radical (unpaired) electrons. The number of carbonyl (C=O) groups excluding carboxylic acids is 2. The SMILES string of the molecule is CCOc1ccc(N2CCN(CC(=O)N3CCOCC3)C2=O)cc1. The molecule has 2 fully saturated rings. The van der Waals surface area contributed by atoms with Gasteiger partial charge in [-0.3, -0.25) is 9.69 Å². The van der Waals surface area contributed by atoms with E-state index in [1.165, 1.54) is 0 Å². The summed E-state index contributed by atoms with van der Waals surface area (Å²) in [5.74, 6) is 0.771. The summed E-state index contributed by atoms with van der Waals surface area (Å²) in [4.78, 5) is 29.9. The van der Waals surface area contributed by atoms with Gasteiger partial charge in [-0.25, -0.2) is 4.79 Å². The van der Waals surface area contributed by atoms with E-state index >= 15 is 0 Å². The van der Waals surface area contributed by atoms with E-state index in [9.17, 15) is 9.59 Å². The molecule has 0 unspecified atom stereocenters. The van der Waals surface area contributed by atoms with Crippen LogP contribution in [-0.2, 0) is 9.53 Å². The molecule has 2 saturated heterocycles. The van der Waals surface area contributed by atoms with Gasteiger partial charge in [-0.15, -0.1) is 0 Å². The average Bonchev–Trinajstić information content (AvgIpc) is 2.97. The average molecular weight is 333 g/mol. The van der Waals surface area contributed by atoms with Crippen LogP contribution in [0.5, 0.6) is 5.75 Å². The number of urea groups is 1. The molecule has 1 aromatic rings. The lowest BCUT2D eigenvalue weighted by Gasteiger charge is -2.28. The molecule has 3 rings (SSSR count). The molecule has 7 heteroatoms. The van der Waals surface area contributed by atoms with E-state index in [2.05, 4.69) is 0 Å². The lowest BCUT2D eigenvalue weighted by Crippen LogP contribution is -2.46. The molecule has 0 atom stereocenters. The summed E-state index contributed by atoms with van der Waals surface area (Å²) in [5.41, 5.74) is 0.824. The highest BCUT2D eigenvalue weighted by molar-refractivity contribution is 5.96. The van der Waals surface area contributed by atoms with Crippen molar-refractivity contribution in [3.63, 3.8) is 0 Å². The van der Waals surface area contributed by atoms with Crippen molar-refractivity contribution in [2.75, 3.05) is 57.4 Å². The highest BCUT2D eigenvalue weighted by atomic mass is 16.5. The zero-order valence-corrected chi connectivity index (χ0v) is 13.9. The number of morpholine rings is 1. The fourth-order valence-electron chi connectivity index (χ4n) is 2.93. The van der Waals surface area contributed by atoms with E-state index in [0.717, 1.165) is 11.4 Å². The largest absolute Gasteiger partial charge is 0.494 e. The zero-order valence-electron chi connectivity index (χ0n) is 13.9. The summed E-state index contributed by atoms with van der Waals surface area (Å²) in [6, 6.07) is 7.33. The standard InChI is InChI=1S/C17H23N3O4/c1-2-24-15-5-3-14(4-6-15)20-8-7-19(17(20)22)13-16(21)18-9-11-23-12-10-18/h3-6H,2,7-13H2,1H3. The fraction of sp³-hybridized carbons (Fsp3) is 0.529. The molecule has 7 nitrogen and oxygen atoms in total. The molecule has 130 valence electrons. The zero-order chi connectivity index (χ0) is 16.9. The first-order valence-corrected chi connectivity index (χ1v) is 8.34. The highest BCUT2D eigenvalue weighted by Crippen LogP contribution is 2.23. The van der Waals surface area contributed by atoms with Crippen molar-refractivity contribution in [2.45, 2.75) is 6.92 Å². The number of nitrogens with zero attached hydrogens (tertiary/aromatic N) is 3. The van der Waals surface area contributed by atoms with Gasteiger partial charge in [0.1, 0.15) is 12.3 Å². The van der Waals surface area contributed by atoms with Crippen LogP contribution in [-0.4, -0.2) is 74.3 Å². The lowest BCUT2D eigenvalue weighted by molar-refractivity contribution is -0.135. The smallest absolute Gasteiger partial charge is 0.325 e. The fourth-order valence-corrected chi connectivity index (χ4v) is 2.93. The van der Waals surface area contributed by atoms with Crippen molar-refractivity contribution in [3.05, 3.63) is 24.3 Å². The van der Waals surface area contributed by atoms with Gasteiger partial charge in [-0.2, -0.15) is 0 Å². The number of ether oxygens (including phenoxy) is 2. The van der Waals surface area contributed by atoms with Crippen LogP contribution in [0.2, 0.25) is 0 Å². The van der Waals surface area contributed by atoms with Gasteiger partial charge in [-0.05, 0) is 31.2 Å². The molecule has 2 aliphatic heterocycles. The van der Waals surface area contributed by atoms with E-state index in [1.807, 2.05) is 31.2 Å². The Morgan fingerprint density at radius 3 is 2.50 bits per heavy atom. The first-order chi connectivity index (χ1) is 11.7. The van der Waals surface area contributed by atoms with Crippen LogP contribution in [0.4, 0.5) is 10.5 Å². The maximum absolute atomic E-state index is 12.6. The quantitative estimate of drug-likeness (QED) is 0.812. The van der Waals surface area contributed by atoms with Gasteiger partial charge >= 0.3 is 6.03 Å². The van der Waals surface area contributed by atoms with Gasteiger partial charge in [0.05, 0.1) is 19.8 Å². The lowest BCUT2D eigenvalue weighted by atomic mass is 10.3. The maximum Gasteiger partial charge on any atom is 0.325 e. The Kier molecular flexibility index (Phi) is 5.20. The molecule has 2 heterocycles. The van der Waals surface area contributed by atoms with Crippen molar-refractivity contribution in [3.8, 4) is 5.75 Å². The van der Waals surface area contributed by atoms with Crippen LogP contribution in [0.15, 0.2) is 24.3 Å². The number of anilines is 1. The van der Waals surface area contributed by atoms with Gasteiger partial charge in [-0.1, -0.05) is 0 Å². The second-order valence-corrected chi connectivity index (χ2v) is 5.78. The van der Waals surface area contributed by atoms with Gasteiger partial charge < -0.3 is 19.3 Å². The van der Waals surface area contributed by atoms with Gasteiger partial charge in [0.2, 0.25) is 5.91 Å². The normalized spacial score (nSPS) is 18.2. The van der Waals surface area contributed by atoms with E-state index < -0.39 is 0 Å². The molecule has 1 aromatic carbocycles. The van der Waals surface area contributed by atoms with Crippen molar-refractivity contribution < 1.29 is 19.1 Å². The van der Waals surface area contributed by atoms with E-state index in [0.29, 0.717) is 46.0 Å². The van der Waals surface area contributed by atoms with Crippen LogP contribution in [0, 0.1) is 0 Å². The Bertz CT molecular complexity index is 584. The predicted octanol–water partition coefficient (Wildman–Crippen LogP) is 1.19. The number of rotatable bonds is 5. The molecular weight excluding hydrogens is 310 g/mol. The minimum Gasteiger partial charge on any atom is -0.494 e.